The van der Waals surface area contributed by atoms with Gasteiger partial charge in [0.25, 0.3) is 5.91 Å². The molecule has 1 aliphatic rings. The third-order valence-electron chi connectivity index (χ3n) is 3.82. The molecule has 1 fully saturated rings. The van der Waals surface area contributed by atoms with Gasteiger partial charge in [-0.25, -0.2) is 9.29 Å². The van der Waals surface area contributed by atoms with Crippen molar-refractivity contribution in [3.63, 3.8) is 0 Å². The summed E-state index contributed by atoms with van der Waals surface area (Å²) < 4.78 is 13.8. The summed E-state index contributed by atoms with van der Waals surface area (Å²) in [5.41, 5.74) is 1.50. The number of nitrogens with two attached hydrogens (primary N) is 1. The summed E-state index contributed by atoms with van der Waals surface area (Å²) in [6.45, 7) is 0.526. The van der Waals surface area contributed by atoms with Crippen LogP contribution in [0.1, 0.15) is 12.0 Å². The van der Waals surface area contributed by atoms with Crippen LogP contribution in [0.15, 0.2) is 53.0 Å². The number of hydrogen-bond acceptors (Lipinski definition) is 2. The standard InChI is InChI=1S/C17H14BrFN2O2/c18-12-3-7-14(8-4-12)21-16(22)9-15(17(21)23)20-10-11-1-5-13(19)6-2-11/h1-8,15,20H,9-10H2/p+1/t15-/m0/s1. The first-order chi connectivity index (χ1) is 11.0. The molecule has 0 aromatic heterocycles. The molecule has 2 aromatic rings. The Morgan fingerprint density at radius 1 is 1.09 bits per heavy atom. The molecule has 23 heavy (non-hydrogen) atoms. The van der Waals surface area contributed by atoms with Crippen LogP contribution in [0.5, 0.6) is 0 Å². The molecule has 1 atom stereocenters. The van der Waals surface area contributed by atoms with Gasteiger partial charge in [-0.3, -0.25) is 9.59 Å². The molecule has 2 amide bonds. The molecule has 1 heterocycles. The highest BCUT2D eigenvalue weighted by molar-refractivity contribution is 9.10. The van der Waals surface area contributed by atoms with Gasteiger partial charge in [0.15, 0.2) is 6.04 Å². The third kappa shape index (κ3) is 3.48. The van der Waals surface area contributed by atoms with E-state index < -0.39 is 6.04 Å². The molecular weight excluding hydrogens is 363 g/mol. The molecule has 0 unspecified atom stereocenters. The van der Waals surface area contributed by atoms with E-state index in [1.807, 2.05) is 5.32 Å². The number of nitrogens with zero attached hydrogens (tertiary/aromatic N) is 1. The van der Waals surface area contributed by atoms with Gasteiger partial charge >= 0.3 is 0 Å². The highest BCUT2D eigenvalue weighted by Gasteiger charge is 2.42. The van der Waals surface area contributed by atoms with Crippen LogP contribution in [0.25, 0.3) is 0 Å². The van der Waals surface area contributed by atoms with Crippen molar-refractivity contribution in [3.05, 3.63) is 64.4 Å². The molecule has 118 valence electrons. The lowest BCUT2D eigenvalue weighted by Crippen LogP contribution is -2.90. The molecule has 0 saturated carbocycles. The predicted molar refractivity (Wildman–Crippen MR) is 87.1 cm³/mol. The number of benzene rings is 2. The van der Waals surface area contributed by atoms with E-state index in [1.165, 1.54) is 17.0 Å². The average molecular weight is 378 g/mol. The Hall–Kier alpha value is -2.05. The highest BCUT2D eigenvalue weighted by Crippen LogP contribution is 2.23. The van der Waals surface area contributed by atoms with Crippen LogP contribution in [0, 0.1) is 5.82 Å². The largest absolute Gasteiger partial charge is 0.332 e. The number of carbonyl (C=O) groups excluding carboxylic acids is 2. The average Bonchev–Trinajstić information content (AvgIpc) is 2.82. The van der Waals surface area contributed by atoms with Crippen molar-refractivity contribution in [3.8, 4) is 0 Å². The van der Waals surface area contributed by atoms with E-state index in [0.29, 0.717) is 12.2 Å². The number of hydrogen-bond donors (Lipinski definition) is 1. The third-order valence-corrected chi connectivity index (χ3v) is 4.35. The first-order valence-electron chi connectivity index (χ1n) is 7.25. The molecule has 0 bridgehead atoms. The Kier molecular flexibility index (Phi) is 4.54. The molecule has 4 nitrogen and oxygen atoms in total. The monoisotopic (exact) mass is 377 g/mol. The lowest BCUT2D eigenvalue weighted by Gasteiger charge is -2.14. The van der Waals surface area contributed by atoms with Crippen molar-refractivity contribution in [1.29, 1.82) is 0 Å². The minimum atomic E-state index is -0.434. The predicted octanol–water partition coefficient (Wildman–Crippen LogP) is 1.98. The van der Waals surface area contributed by atoms with Crippen LogP contribution < -0.4 is 10.2 Å². The number of quaternary nitrogens is 1. The van der Waals surface area contributed by atoms with Crippen molar-refractivity contribution in [2.75, 3.05) is 4.90 Å². The molecule has 0 radical (unpaired) electrons. The lowest BCUT2D eigenvalue weighted by molar-refractivity contribution is -0.690. The fraction of sp³-hybridized carbons (Fsp3) is 0.176. The van der Waals surface area contributed by atoms with E-state index in [0.717, 1.165) is 10.0 Å². The normalized spacial score (nSPS) is 17.8. The summed E-state index contributed by atoms with van der Waals surface area (Å²) in [7, 11) is 0. The molecule has 0 aliphatic carbocycles. The van der Waals surface area contributed by atoms with Gasteiger partial charge in [0.2, 0.25) is 5.91 Å². The van der Waals surface area contributed by atoms with Crippen LogP contribution in [-0.2, 0) is 16.1 Å². The van der Waals surface area contributed by atoms with Crippen LogP contribution in [0.4, 0.5) is 10.1 Å². The maximum Gasteiger partial charge on any atom is 0.292 e. The van der Waals surface area contributed by atoms with Crippen molar-refractivity contribution in [1.82, 2.24) is 0 Å². The molecule has 1 saturated heterocycles. The van der Waals surface area contributed by atoms with Gasteiger partial charge in [0, 0.05) is 10.0 Å². The van der Waals surface area contributed by atoms with E-state index in [9.17, 15) is 14.0 Å². The fourth-order valence-corrected chi connectivity index (χ4v) is 2.86. The minimum Gasteiger partial charge on any atom is -0.332 e. The zero-order chi connectivity index (χ0) is 16.4. The zero-order valence-electron chi connectivity index (χ0n) is 12.2. The quantitative estimate of drug-likeness (QED) is 0.828. The zero-order valence-corrected chi connectivity index (χ0v) is 13.8. The number of halogens is 2. The SMILES string of the molecule is O=C1C[C@H]([NH2+]Cc2ccc(F)cc2)C(=O)N1c1ccc(Br)cc1. The lowest BCUT2D eigenvalue weighted by atomic mass is 10.2. The first-order valence-corrected chi connectivity index (χ1v) is 8.04. The van der Waals surface area contributed by atoms with Gasteiger partial charge < -0.3 is 5.32 Å². The second kappa shape index (κ2) is 6.60. The van der Waals surface area contributed by atoms with E-state index >= 15 is 0 Å². The molecule has 2 N–H and O–H groups in total. The summed E-state index contributed by atoms with van der Waals surface area (Å²) >= 11 is 3.33. The second-order valence-corrected chi connectivity index (χ2v) is 6.34. The Labute approximate surface area is 141 Å². The number of amides is 2. The van der Waals surface area contributed by atoms with Gasteiger partial charge in [-0.15, -0.1) is 0 Å². The summed E-state index contributed by atoms with van der Waals surface area (Å²) in [6.07, 6.45) is 0.177. The Bertz CT molecular complexity index is 731. The highest BCUT2D eigenvalue weighted by atomic mass is 79.9. The number of anilines is 1. The molecule has 6 heteroatoms. The smallest absolute Gasteiger partial charge is 0.292 e. The fourth-order valence-electron chi connectivity index (χ4n) is 2.60. The number of carbonyl (C=O) groups is 2. The molecule has 0 spiro atoms. The summed E-state index contributed by atoms with van der Waals surface area (Å²) in [5.74, 6) is -0.695. The summed E-state index contributed by atoms with van der Waals surface area (Å²) in [4.78, 5) is 25.9. The maximum absolute atomic E-state index is 12.9. The van der Waals surface area contributed by atoms with E-state index in [-0.39, 0.29) is 24.1 Å². The maximum atomic E-state index is 12.9. The summed E-state index contributed by atoms with van der Waals surface area (Å²) in [5, 5.41) is 1.83. The van der Waals surface area contributed by atoms with Gasteiger partial charge in [-0.2, -0.15) is 0 Å². The molecule has 3 rings (SSSR count). The first kappa shape index (κ1) is 15.8. The van der Waals surface area contributed by atoms with Gasteiger partial charge in [-0.05, 0) is 36.4 Å². The molecule has 1 aliphatic heterocycles. The van der Waals surface area contributed by atoms with Crippen molar-refractivity contribution in [2.45, 2.75) is 19.0 Å². The van der Waals surface area contributed by atoms with Crippen LogP contribution >= 0.6 is 15.9 Å². The van der Waals surface area contributed by atoms with Crippen molar-refractivity contribution in [2.24, 2.45) is 0 Å². The minimum absolute atomic E-state index is 0.177. The van der Waals surface area contributed by atoms with E-state index in [2.05, 4.69) is 15.9 Å². The van der Waals surface area contributed by atoms with Crippen molar-refractivity contribution >= 4 is 33.4 Å². The molecule has 2 aromatic carbocycles. The summed E-state index contributed by atoms with van der Waals surface area (Å²) in [6, 6.07) is 12.8. The Balaban J connectivity index is 1.68. The van der Waals surface area contributed by atoms with E-state index in [1.54, 1.807) is 36.4 Å². The van der Waals surface area contributed by atoms with Crippen LogP contribution in [0.2, 0.25) is 0 Å². The van der Waals surface area contributed by atoms with Crippen molar-refractivity contribution < 1.29 is 19.3 Å². The topological polar surface area (TPSA) is 54.0 Å². The molecular formula is C17H15BrFN2O2+. The number of imide groups is 1. The number of rotatable bonds is 4. The van der Waals surface area contributed by atoms with Gasteiger partial charge in [-0.1, -0.05) is 28.1 Å². The van der Waals surface area contributed by atoms with Crippen LogP contribution in [-0.4, -0.2) is 17.9 Å². The Morgan fingerprint density at radius 3 is 2.39 bits per heavy atom. The van der Waals surface area contributed by atoms with E-state index in [4.69, 9.17) is 0 Å². The van der Waals surface area contributed by atoms with Crippen LogP contribution in [0.3, 0.4) is 0 Å². The second-order valence-electron chi connectivity index (χ2n) is 5.42. The van der Waals surface area contributed by atoms with Gasteiger partial charge in [0.1, 0.15) is 12.4 Å². The van der Waals surface area contributed by atoms with Gasteiger partial charge in [0.05, 0.1) is 12.1 Å². The Morgan fingerprint density at radius 2 is 1.74 bits per heavy atom.